The zero-order chi connectivity index (χ0) is 19.1. The molecule has 0 fully saturated rings. The molecule has 0 bridgehead atoms. The smallest absolute Gasteiger partial charge is 0.335 e. The molecule has 3 aromatic rings. The van der Waals surface area contributed by atoms with E-state index < -0.39 is 17.5 Å². The van der Waals surface area contributed by atoms with E-state index in [1.807, 2.05) is 0 Å². The van der Waals surface area contributed by atoms with E-state index >= 15 is 0 Å². The van der Waals surface area contributed by atoms with Gasteiger partial charge in [-0.2, -0.15) is 0 Å². The van der Waals surface area contributed by atoms with Gasteiger partial charge in [0.15, 0.2) is 11.5 Å². The van der Waals surface area contributed by atoms with Crippen molar-refractivity contribution in [2.75, 3.05) is 0 Å². The van der Waals surface area contributed by atoms with Crippen molar-refractivity contribution in [1.82, 2.24) is 20.3 Å². The Morgan fingerprint density at radius 2 is 1.89 bits per heavy atom. The Kier molecular flexibility index (Phi) is 3.81. The van der Waals surface area contributed by atoms with Crippen LogP contribution in [-0.2, 0) is 0 Å². The Morgan fingerprint density at radius 3 is 2.56 bits per heavy atom. The largest absolute Gasteiger partial charge is 0.504 e. The molecule has 1 aliphatic heterocycles. The summed E-state index contributed by atoms with van der Waals surface area (Å²) in [5.74, 6) is -1.66. The van der Waals surface area contributed by atoms with Crippen LogP contribution in [-0.4, -0.2) is 53.0 Å². The van der Waals surface area contributed by atoms with E-state index in [-0.39, 0.29) is 22.1 Å². The second-order valence-corrected chi connectivity index (χ2v) is 5.89. The molecule has 10 nitrogen and oxygen atoms in total. The van der Waals surface area contributed by atoms with Crippen molar-refractivity contribution in [3.05, 3.63) is 58.4 Å². The molecule has 1 aromatic heterocycles. The standard InChI is InChI=1S/C16H9ClN6O4/c17-10-5-9(6-11(24)14(10)25)18-13-12(20-23-15(13)19-21-22-23)7-1-3-8(4-2-7)16(26)27/h1-6,24-25H,(H,26,27). The van der Waals surface area contributed by atoms with Crippen LogP contribution >= 0.6 is 11.6 Å². The fourth-order valence-corrected chi connectivity index (χ4v) is 2.68. The zero-order valence-electron chi connectivity index (χ0n) is 13.3. The van der Waals surface area contributed by atoms with Crippen LogP contribution in [0.2, 0.25) is 5.02 Å². The lowest BCUT2D eigenvalue weighted by Gasteiger charge is -2.05. The highest BCUT2D eigenvalue weighted by molar-refractivity contribution is 6.54. The summed E-state index contributed by atoms with van der Waals surface area (Å²) in [7, 11) is 0. The number of carbonyl (C=O) groups is 1. The SMILES string of the molecule is O=C(O)c1ccc(C2=Nn3nnnc3C2=Nc2cc(O)c(O)c(Cl)c2)cc1. The van der Waals surface area contributed by atoms with Crippen LogP contribution in [0.4, 0.5) is 5.69 Å². The topological polar surface area (TPSA) is 146 Å². The van der Waals surface area contributed by atoms with Gasteiger partial charge in [-0.05, 0) is 28.6 Å². The van der Waals surface area contributed by atoms with Crippen molar-refractivity contribution in [1.29, 1.82) is 0 Å². The molecular formula is C16H9ClN6O4. The van der Waals surface area contributed by atoms with E-state index in [0.717, 1.165) is 0 Å². The fraction of sp³-hybridized carbons (Fsp3) is 0. The number of hydrogen-bond acceptors (Lipinski definition) is 8. The van der Waals surface area contributed by atoms with Crippen LogP contribution in [0.15, 0.2) is 46.5 Å². The lowest BCUT2D eigenvalue weighted by molar-refractivity contribution is 0.0697. The van der Waals surface area contributed by atoms with Gasteiger partial charge in [0.05, 0.1) is 16.3 Å². The normalized spacial score (nSPS) is 14.3. The van der Waals surface area contributed by atoms with Gasteiger partial charge in [-0.15, -0.1) is 15.0 Å². The number of hydrogen-bond donors (Lipinski definition) is 3. The lowest BCUT2D eigenvalue weighted by atomic mass is 10.0. The monoisotopic (exact) mass is 384 g/mol. The van der Waals surface area contributed by atoms with Crippen LogP contribution in [0, 0.1) is 0 Å². The maximum absolute atomic E-state index is 11.0. The number of rotatable bonds is 3. The first-order chi connectivity index (χ1) is 12.9. The fourth-order valence-electron chi connectivity index (χ4n) is 2.47. The van der Waals surface area contributed by atoms with E-state index in [2.05, 4.69) is 25.6 Å². The molecule has 27 heavy (non-hydrogen) atoms. The molecule has 0 radical (unpaired) electrons. The van der Waals surface area contributed by atoms with Gasteiger partial charge in [0, 0.05) is 11.6 Å². The highest BCUT2D eigenvalue weighted by Crippen LogP contribution is 2.37. The Bertz CT molecular complexity index is 1110. The van der Waals surface area contributed by atoms with E-state index in [1.54, 1.807) is 12.1 Å². The molecule has 2 aromatic carbocycles. The third kappa shape index (κ3) is 2.87. The number of aromatic nitrogens is 4. The maximum Gasteiger partial charge on any atom is 0.335 e. The number of phenolic OH excluding ortho intramolecular Hbond substituents is 2. The van der Waals surface area contributed by atoms with Crippen LogP contribution in [0.1, 0.15) is 21.7 Å². The number of aromatic hydroxyl groups is 2. The van der Waals surface area contributed by atoms with Crippen molar-refractivity contribution in [3.63, 3.8) is 0 Å². The number of halogens is 1. The van der Waals surface area contributed by atoms with Gasteiger partial charge in [-0.25, -0.2) is 9.79 Å². The van der Waals surface area contributed by atoms with Crippen molar-refractivity contribution in [2.24, 2.45) is 10.1 Å². The van der Waals surface area contributed by atoms with Gasteiger partial charge in [0.2, 0.25) is 5.82 Å². The summed E-state index contributed by atoms with van der Waals surface area (Å²) in [4.78, 5) is 16.6. The molecule has 2 heterocycles. The quantitative estimate of drug-likeness (QED) is 0.583. The molecule has 11 heteroatoms. The minimum absolute atomic E-state index is 0.0729. The number of aromatic carboxylic acids is 1. The summed E-state index contributed by atoms with van der Waals surface area (Å²) in [6, 6.07) is 8.63. The van der Waals surface area contributed by atoms with Crippen molar-refractivity contribution in [3.8, 4) is 11.5 Å². The molecule has 0 saturated carbocycles. The molecule has 0 unspecified atom stereocenters. The highest BCUT2D eigenvalue weighted by Gasteiger charge is 2.28. The number of carboxylic acids is 1. The van der Waals surface area contributed by atoms with Gasteiger partial charge in [-0.3, -0.25) is 0 Å². The predicted molar refractivity (Wildman–Crippen MR) is 94.1 cm³/mol. The molecule has 4 rings (SSSR count). The molecule has 0 saturated heterocycles. The van der Waals surface area contributed by atoms with Crippen LogP contribution in [0.25, 0.3) is 0 Å². The summed E-state index contributed by atoms with van der Waals surface area (Å²) in [6.07, 6.45) is 0. The number of carboxylic acid groups (broad SMARTS) is 1. The summed E-state index contributed by atoms with van der Waals surface area (Å²) in [6.45, 7) is 0. The van der Waals surface area contributed by atoms with Gasteiger partial charge in [0.25, 0.3) is 0 Å². The molecule has 0 amide bonds. The first-order valence-electron chi connectivity index (χ1n) is 7.46. The predicted octanol–water partition coefficient (Wildman–Crippen LogP) is 1.82. The van der Waals surface area contributed by atoms with Crippen LogP contribution in [0.5, 0.6) is 11.5 Å². The molecule has 3 N–H and O–H groups in total. The third-order valence-electron chi connectivity index (χ3n) is 3.76. The molecule has 0 spiro atoms. The van der Waals surface area contributed by atoms with Gasteiger partial charge in [-0.1, -0.05) is 23.7 Å². The molecular weight excluding hydrogens is 376 g/mol. The van der Waals surface area contributed by atoms with E-state index in [4.69, 9.17) is 16.7 Å². The second kappa shape index (κ2) is 6.18. The number of tetrazole rings is 1. The van der Waals surface area contributed by atoms with Crippen molar-refractivity contribution in [2.45, 2.75) is 0 Å². The average Bonchev–Trinajstić information content (AvgIpc) is 3.22. The van der Waals surface area contributed by atoms with Gasteiger partial charge >= 0.3 is 5.97 Å². The highest BCUT2D eigenvalue weighted by atomic mass is 35.5. The lowest BCUT2D eigenvalue weighted by Crippen LogP contribution is -2.14. The number of phenols is 2. The first kappa shape index (κ1) is 16.7. The van der Waals surface area contributed by atoms with Crippen molar-refractivity contribution < 1.29 is 20.1 Å². The maximum atomic E-state index is 11.0. The summed E-state index contributed by atoms with van der Waals surface area (Å²) < 4.78 is 0. The first-order valence-corrected chi connectivity index (χ1v) is 7.84. The second-order valence-electron chi connectivity index (χ2n) is 5.48. The molecule has 134 valence electrons. The van der Waals surface area contributed by atoms with Gasteiger partial charge in [0.1, 0.15) is 11.4 Å². The molecule has 0 atom stereocenters. The van der Waals surface area contributed by atoms with Crippen LogP contribution < -0.4 is 0 Å². The van der Waals surface area contributed by atoms with E-state index in [1.165, 1.54) is 29.1 Å². The van der Waals surface area contributed by atoms with E-state index in [0.29, 0.717) is 17.0 Å². The summed E-state index contributed by atoms with van der Waals surface area (Å²) in [5, 5.41) is 43.7. The number of nitrogens with zero attached hydrogens (tertiary/aromatic N) is 6. The Labute approximate surface area is 155 Å². The van der Waals surface area contributed by atoms with E-state index in [9.17, 15) is 15.0 Å². The summed E-state index contributed by atoms with van der Waals surface area (Å²) >= 11 is 5.87. The Balaban J connectivity index is 1.82. The summed E-state index contributed by atoms with van der Waals surface area (Å²) in [5.41, 5.74) is 1.64. The number of benzene rings is 2. The minimum atomic E-state index is -1.04. The van der Waals surface area contributed by atoms with Crippen molar-refractivity contribution >= 4 is 34.7 Å². The Hall–Kier alpha value is -3.79. The third-order valence-corrected chi connectivity index (χ3v) is 4.05. The van der Waals surface area contributed by atoms with Crippen LogP contribution in [0.3, 0.4) is 0 Å². The average molecular weight is 385 g/mol. The molecule has 0 aliphatic carbocycles. The zero-order valence-corrected chi connectivity index (χ0v) is 14.0. The number of aliphatic imine (C=N–C) groups is 1. The van der Waals surface area contributed by atoms with Gasteiger partial charge < -0.3 is 15.3 Å². The molecule has 1 aliphatic rings. The Morgan fingerprint density at radius 1 is 1.15 bits per heavy atom. The number of fused-ring (bicyclic) bond motifs is 1. The minimum Gasteiger partial charge on any atom is -0.504 e.